The molecule has 11 heteroatoms. The van der Waals surface area contributed by atoms with Crippen molar-refractivity contribution >= 4 is 41.1 Å². The van der Waals surface area contributed by atoms with E-state index >= 15 is 0 Å². The van der Waals surface area contributed by atoms with Gasteiger partial charge in [0.15, 0.2) is 18.1 Å². The third-order valence-corrected chi connectivity index (χ3v) is 4.25. The van der Waals surface area contributed by atoms with Crippen LogP contribution >= 0.6 is 11.6 Å². The quantitative estimate of drug-likeness (QED) is 0.552. The molecule has 0 aliphatic heterocycles. The predicted molar refractivity (Wildman–Crippen MR) is 112 cm³/mol. The van der Waals surface area contributed by atoms with Gasteiger partial charge in [-0.3, -0.25) is 14.9 Å². The summed E-state index contributed by atoms with van der Waals surface area (Å²) < 4.78 is 15.4. The Bertz CT molecular complexity index is 1010. The molecular formula is C20H20ClN3O7. The number of imide groups is 1. The van der Waals surface area contributed by atoms with Gasteiger partial charge in [0.2, 0.25) is 0 Å². The van der Waals surface area contributed by atoms with Gasteiger partial charge in [0.05, 0.1) is 36.1 Å². The van der Waals surface area contributed by atoms with E-state index in [9.17, 15) is 19.2 Å². The van der Waals surface area contributed by atoms with Gasteiger partial charge in [-0.05, 0) is 12.1 Å². The van der Waals surface area contributed by atoms with Gasteiger partial charge in [-0.1, -0.05) is 23.7 Å². The Kier molecular flexibility index (Phi) is 8.21. The Morgan fingerprint density at radius 3 is 2.23 bits per heavy atom. The molecule has 4 amide bonds. The van der Waals surface area contributed by atoms with Crippen LogP contribution in [0.3, 0.4) is 0 Å². The van der Waals surface area contributed by atoms with Crippen LogP contribution in [0.15, 0.2) is 36.4 Å². The number of hydrogen-bond acceptors (Lipinski definition) is 7. The lowest BCUT2D eigenvalue weighted by Crippen LogP contribution is -2.39. The number of carbonyl (C=O) groups is 4. The molecule has 0 bridgehead atoms. The fourth-order valence-electron chi connectivity index (χ4n) is 2.42. The van der Waals surface area contributed by atoms with Crippen molar-refractivity contribution in [2.75, 3.05) is 33.2 Å². The fourth-order valence-corrected chi connectivity index (χ4v) is 2.64. The van der Waals surface area contributed by atoms with Crippen LogP contribution in [-0.2, 0) is 9.53 Å². The minimum atomic E-state index is -0.942. The highest BCUT2D eigenvalue weighted by atomic mass is 35.5. The first-order valence-corrected chi connectivity index (χ1v) is 9.19. The van der Waals surface area contributed by atoms with E-state index < -0.39 is 30.4 Å². The van der Waals surface area contributed by atoms with E-state index in [1.165, 1.54) is 39.5 Å². The molecule has 10 nitrogen and oxygen atoms in total. The molecule has 2 rings (SSSR count). The van der Waals surface area contributed by atoms with Crippen LogP contribution in [0, 0.1) is 0 Å². The summed E-state index contributed by atoms with van der Waals surface area (Å²) in [5.74, 6) is -1.92. The van der Waals surface area contributed by atoms with E-state index in [-0.39, 0.29) is 33.3 Å². The van der Waals surface area contributed by atoms with Crippen LogP contribution in [0.2, 0.25) is 5.02 Å². The number of benzene rings is 2. The zero-order chi connectivity index (χ0) is 23.0. The number of esters is 1. The van der Waals surface area contributed by atoms with Gasteiger partial charge in [0, 0.05) is 19.2 Å². The molecule has 2 aromatic rings. The van der Waals surface area contributed by atoms with Gasteiger partial charge in [-0.25, -0.2) is 9.59 Å². The summed E-state index contributed by atoms with van der Waals surface area (Å²) in [6, 6.07) is 8.28. The van der Waals surface area contributed by atoms with Crippen molar-refractivity contribution in [3.05, 3.63) is 52.5 Å². The molecule has 0 radical (unpaired) electrons. The van der Waals surface area contributed by atoms with Crippen molar-refractivity contribution in [2.24, 2.45) is 0 Å². The number of anilines is 1. The summed E-state index contributed by atoms with van der Waals surface area (Å²) in [5.41, 5.74) is 0.119. The van der Waals surface area contributed by atoms with Crippen LogP contribution in [0.1, 0.15) is 20.7 Å². The number of nitrogens with one attached hydrogen (secondary N) is 3. The highest BCUT2D eigenvalue weighted by Crippen LogP contribution is 2.34. The first-order chi connectivity index (χ1) is 14.8. The third-order valence-electron chi connectivity index (χ3n) is 3.92. The molecule has 2 aromatic carbocycles. The number of amides is 4. The van der Waals surface area contributed by atoms with Gasteiger partial charge >= 0.3 is 12.0 Å². The Hall–Kier alpha value is -3.79. The molecule has 0 atom stereocenters. The van der Waals surface area contributed by atoms with Gasteiger partial charge < -0.3 is 24.8 Å². The average Bonchev–Trinajstić information content (AvgIpc) is 2.77. The van der Waals surface area contributed by atoms with E-state index in [2.05, 4.69) is 10.6 Å². The van der Waals surface area contributed by atoms with Gasteiger partial charge in [0.25, 0.3) is 11.8 Å². The van der Waals surface area contributed by atoms with Gasteiger partial charge in [-0.15, -0.1) is 0 Å². The number of methoxy groups -OCH3 is 2. The van der Waals surface area contributed by atoms with Crippen molar-refractivity contribution in [3.8, 4) is 11.5 Å². The van der Waals surface area contributed by atoms with Gasteiger partial charge in [0.1, 0.15) is 0 Å². The molecule has 0 fully saturated rings. The monoisotopic (exact) mass is 449 g/mol. The van der Waals surface area contributed by atoms with Gasteiger partial charge in [-0.2, -0.15) is 0 Å². The molecule has 3 N–H and O–H groups in total. The average molecular weight is 450 g/mol. The second kappa shape index (κ2) is 10.8. The first-order valence-electron chi connectivity index (χ1n) is 8.81. The predicted octanol–water partition coefficient (Wildman–Crippen LogP) is 2.22. The largest absolute Gasteiger partial charge is 0.493 e. The lowest BCUT2D eigenvalue weighted by molar-refractivity contribution is -0.123. The number of rotatable bonds is 7. The molecule has 0 aliphatic rings. The second-order valence-electron chi connectivity index (χ2n) is 5.89. The van der Waals surface area contributed by atoms with Crippen LogP contribution in [-0.4, -0.2) is 51.7 Å². The summed E-state index contributed by atoms with van der Waals surface area (Å²) in [7, 11) is 4.08. The third kappa shape index (κ3) is 6.09. The zero-order valence-electron chi connectivity index (χ0n) is 16.9. The smallest absolute Gasteiger partial charge is 0.340 e. The molecule has 164 valence electrons. The van der Waals surface area contributed by atoms with Crippen molar-refractivity contribution in [1.29, 1.82) is 0 Å². The maximum Gasteiger partial charge on any atom is 0.340 e. The summed E-state index contributed by atoms with van der Waals surface area (Å²) in [4.78, 5) is 48.1. The zero-order valence-corrected chi connectivity index (χ0v) is 17.7. The fraction of sp³-hybridized carbons (Fsp3) is 0.200. The summed E-state index contributed by atoms with van der Waals surface area (Å²) >= 11 is 6.06. The Balaban J connectivity index is 2.31. The van der Waals surface area contributed by atoms with E-state index in [0.717, 1.165) is 0 Å². The minimum absolute atomic E-state index is 0.0410. The van der Waals surface area contributed by atoms with Crippen molar-refractivity contribution < 1.29 is 33.4 Å². The van der Waals surface area contributed by atoms with Crippen LogP contribution in [0.5, 0.6) is 11.5 Å². The molecule has 0 saturated carbocycles. The topological polar surface area (TPSA) is 132 Å². The Labute approximate surface area is 182 Å². The standard InChI is InChI=1S/C20H20ClN3O7/c1-22-20(28)24-17(25)10-31-19(27)12-8-15(29-2)16(30-3)9-14(12)23-18(26)11-6-4-5-7-13(11)21/h4-9H,10H2,1-3H3,(H,23,26)(H2,22,24,25,28). The number of carbonyl (C=O) groups excluding carboxylic acids is 4. The van der Waals surface area contributed by atoms with Crippen LogP contribution in [0.4, 0.5) is 10.5 Å². The second-order valence-corrected chi connectivity index (χ2v) is 6.30. The van der Waals surface area contributed by atoms with Crippen LogP contribution < -0.4 is 25.4 Å². The maximum atomic E-state index is 12.7. The summed E-state index contributed by atoms with van der Waals surface area (Å²) in [6.45, 7) is -0.724. The molecule has 0 aromatic heterocycles. The highest BCUT2D eigenvalue weighted by Gasteiger charge is 2.22. The summed E-state index contributed by atoms with van der Waals surface area (Å²) in [6.07, 6.45) is 0. The SMILES string of the molecule is CNC(=O)NC(=O)COC(=O)c1cc(OC)c(OC)cc1NC(=O)c1ccccc1Cl. The Morgan fingerprint density at radius 1 is 0.968 bits per heavy atom. The molecule has 31 heavy (non-hydrogen) atoms. The molecule has 0 spiro atoms. The van der Waals surface area contributed by atoms with E-state index in [1.807, 2.05) is 5.32 Å². The highest BCUT2D eigenvalue weighted by molar-refractivity contribution is 6.34. The van der Waals surface area contributed by atoms with E-state index in [4.69, 9.17) is 25.8 Å². The van der Waals surface area contributed by atoms with E-state index in [1.54, 1.807) is 18.2 Å². The lowest BCUT2D eigenvalue weighted by Gasteiger charge is -2.15. The van der Waals surface area contributed by atoms with E-state index in [0.29, 0.717) is 0 Å². The lowest BCUT2D eigenvalue weighted by atomic mass is 10.1. The molecule has 0 heterocycles. The molecule has 0 saturated heterocycles. The first kappa shape index (κ1) is 23.5. The van der Waals surface area contributed by atoms with Crippen LogP contribution in [0.25, 0.3) is 0 Å². The molecule has 0 unspecified atom stereocenters. The normalized spacial score (nSPS) is 9.94. The number of hydrogen-bond donors (Lipinski definition) is 3. The minimum Gasteiger partial charge on any atom is -0.493 e. The maximum absolute atomic E-state index is 12.7. The molecular weight excluding hydrogens is 430 g/mol. The number of ether oxygens (including phenoxy) is 3. The van der Waals surface area contributed by atoms with Crippen molar-refractivity contribution in [2.45, 2.75) is 0 Å². The Morgan fingerprint density at radius 2 is 1.61 bits per heavy atom. The van der Waals surface area contributed by atoms with Crippen molar-refractivity contribution in [1.82, 2.24) is 10.6 Å². The molecule has 0 aliphatic carbocycles. The summed E-state index contributed by atoms with van der Waals surface area (Å²) in [5, 5.41) is 6.95. The number of halogens is 1. The van der Waals surface area contributed by atoms with Crippen molar-refractivity contribution in [3.63, 3.8) is 0 Å². The number of urea groups is 1.